The molecule has 1 rings (SSSR count). The summed E-state index contributed by atoms with van der Waals surface area (Å²) >= 11 is 0. The highest BCUT2D eigenvalue weighted by Gasteiger charge is 2.15. The van der Waals surface area contributed by atoms with Gasteiger partial charge in [0.2, 0.25) is 0 Å². The van der Waals surface area contributed by atoms with Gasteiger partial charge in [-0.2, -0.15) is 0 Å². The molecule has 0 amide bonds. The van der Waals surface area contributed by atoms with Crippen LogP contribution in [0.2, 0.25) is 0 Å². The third-order valence-corrected chi connectivity index (χ3v) is 2.01. The van der Waals surface area contributed by atoms with E-state index in [1.807, 2.05) is 6.92 Å². The lowest BCUT2D eigenvalue weighted by Gasteiger charge is -2.06. The van der Waals surface area contributed by atoms with E-state index >= 15 is 0 Å². The van der Waals surface area contributed by atoms with Crippen molar-refractivity contribution in [2.45, 2.75) is 25.9 Å². The standard InChI is InChI=1S/C9H12N2O3/c1-2-8(12)5-7-3-4-10-6-9(7)11(13)14/h3-4,6,8,12H,2,5H2,1H3. The van der Waals surface area contributed by atoms with Crippen LogP contribution in [-0.4, -0.2) is 21.1 Å². The van der Waals surface area contributed by atoms with Crippen molar-refractivity contribution in [3.8, 4) is 0 Å². The summed E-state index contributed by atoms with van der Waals surface area (Å²) in [5, 5.41) is 20.0. The van der Waals surface area contributed by atoms with Gasteiger partial charge in [0.25, 0.3) is 5.69 Å². The molecule has 0 aliphatic rings. The highest BCUT2D eigenvalue weighted by atomic mass is 16.6. The molecule has 1 aromatic rings. The molecule has 0 spiro atoms. The van der Waals surface area contributed by atoms with Crippen LogP contribution in [0.3, 0.4) is 0 Å². The van der Waals surface area contributed by atoms with Crippen molar-refractivity contribution in [1.29, 1.82) is 0 Å². The molecule has 76 valence electrons. The van der Waals surface area contributed by atoms with Gasteiger partial charge in [0.1, 0.15) is 6.20 Å². The topological polar surface area (TPSA) is 76.3 Å². The predicted molar refractivity (Wildman–Crippen MR) is 50.9 cm³/mol. The summed E-state index contributed by atoms with van der Waals surface area (Å²) in [6, 6.07) is 1.57. The van der Waals surface area contributed by atoms with Gasteiger partial charge in [-0.1, -0.05) is 6.92 Å². The van der Waals surface area contributed by atoms with Crippen LogP contribution in [0.4, 0.5) is 5.69 Å². The number of pyridine rings is 1. The molecule has 1 heterocycles. The predicted octanol–water partition coefficient (Wildman–Crippen LogP) is 1.30. The fraction of sp³-hybridized carbons (Fsp3) is 0.444. The number of aliphatic hydroxyl groups excluding tert-OH is 1. The second-order valence-electron chi connectivity index (χ2n) is 3.03. The van der Waals surface area contributed by atoms with Crippen molar-refractivity contribution in [3.63, 3.8) is 0 Å². The first-order valence-electron chi connectivity index (χ1n) is 4.40. The second kappa shape index (κ2) is 4.66. The van der Waals surface area contributed by atoms with Gasteiger partial charge in [-0.3, -0.25) is 15.1 Å². The molecule has 0 saturated carbocycles. The monoisotopic (exact) mass is 196 g/mol. The zero-order chi connectivity index (χ0) is 10.6. The highest BCUT2D eigenvalue weighted by molar-refractivity contribution is 5.37. The van der Waals surface area contributed by atoms with E-state index in [1.165, 1.54) is 12.4 Å². The number of nitrogens with zero attached hydrogens (tertiary/aromatic N) is 2. The van der Waals surface area contributed by atoms with Crippen LogP contribution in [0.1, 0.15) is 18.9 Å². The first-order chi connectivity index (χ1) is 6.65. The average Bonchev–Trinajstić information content (AvgIpc) is 2.18. The zero-order valence-electron chi connectivity index (χ0n) is 7.88. The van der Waals surface area contributed by atoms with Gasteiger partial charge in [0, 0.05) is 18.2 Å². The molecule has 0 fully saturated rings. The smallest absolute Gasteiger partial charge is 0.290 e. The Bertz CT molecular complexity index is 328. The van der Waals surface area contributed by atoms with Crippen LogP contribution >= 0.6 is 0 Å². The lowest BCUT2D eigenvalue weighted by atomic mass is 10.1. The Morgan fingerprint density at radius 3 is 3.00 bits per heavy atom. The largest absolute Gasteiger partial charge is 0.393 e. The van der Waals surface area contributed by atoms with Crippen LogP contribution in [0.15, 0.2) is 18.5 Å². The van der Waals surface area contributed by atoms with E-state index in [9.17, 15) is 15.2 Å². The van der Waals surface area contributed by atoms with Gasteiger partial charge in [-0.25, -0.2) is 0 Å². The average molecular weight is 196 g/mol. The molecule has 5 heteroatoms. The first-order valence-corrected chi connectivity index (χ1v) is 4.40. The van der Waals surface area contributed by atoms with Crippen molar-refractivity contribution in [3.05, 3.63) is 34.1 Å². The summed E-state index contributed by atoms with van der Waals surface area (Å²) in [5.41, 5.74) is 0.499. The number of aromatic nitrogens is 1. The van der Waals surface area contributed by atoms with Crippen molar-refractivity contribution in [1.82, 2.24) is 4.98 Å². The van der Waals surface area contributed by atoms with E-state index in [2.05, 4.69) is 4.98 Å². The van der Waals surface area contributed by atoms with E-state index in [1.54, 1.807) is 6.07 Å². The summed E-state index contributed by atoms with van der Waals surface area (Å²) in [6.07, 6.45) is 3.05. The van der Waals surface area contributed by atoms with E-state index in [4.69, 9.17) is 0 Å². The Morgan fingerprint density at radius 2 is 2.43 bits per heavy atom. The molecule has 0 aliphatic heterocycles. The van der Waals surface area contributed by atoms with Crippen LogP contribution in [0.25, 0.3) is 0 Å². The minimum atomic E-state index is -0.531. The summed E-state index contributed by atoms with van der Waals surface area (Å²) in [7, 11) is 0. The first kappa shape index (κ1) is 10.6. The van der Waals surface area contributed by atoms with Crippen LogP contribution in [0.5, 0.6) is 0 Å². The van der Waals surface area contributed by atoms with Gasteiger partial charge in [0.15, 0.2) is 0 Å². The Kier molecular flexibility index (Phi) is 3.53. The quantitative estimate of drug-likeness (QED) is 0.581. The second-order valence-corrected chi connectivity index (χ2v) is 3.03. The molecule has 0 aliphatic carbocycles. The molecule has 14 heavy (non-hydrogen) atoms. The van der Waals surface area contributed by atoms with E-state index in [-0.39, 0.29) is 5.69 Å². The number of hydrogen-bond donors (Lipinski definition) is 1. The fourth-order valence-corrected chi connectivity index (χ4v) is 1.15. The van der Waals surface area contributed by atoms with Crippen molar-refractivity contribution in [2.75, 3.05) is 0 Å². The summed E-state index contributed by atoms with van der Waals surface area (Å²) in [6.45, 7) is 1.83. The molecular formula is C9H12N2O3. The summed E-state index contributed by atoms with van der Waals surface area (Å²) < 4.78 is 0. The number of nitro groups is 1. The number of hydrogen-bond acceptors (Lipinski definition) is 4. The van der Waals surface area contributed by atoms with Gasteiger partial charge in [-0.15, -0.1) is 0 Å². The van der Waals surface area contributed by atoms with Crippen molar-refractivity contribution in [2.24, 2.45) is 0 Å². The minimum Gasteiger partial charge on any atom is -0.393 e. The normalized spacial score (nSPS) is 12.4. The SMILES string of the molecule is CCC(O)Cc1ccncc1[N+](=O)[O-]. The van der Waals surface area contributed by atoms with Gasteiger partial charge in [0.05, 0.1) is 11.0 Å². The van der Waals surface area contributed by atoms with Crippen LogP contribution in [0, 0.1) is 10.1 Å². The zero-order valence-corrected chi connectivity index (χ0v) is 7.88. The van der Waals surface area contributed by atoms with Gasteiger partial charge < -0.3 is 5.11 Å². The van der Waals surface area contributed by atoms with Crippen LogP contribution in [-0.2, 0) is 6.42 Å². The molecule has 0 aromatic carbocycles. The molecular weight excluding hydrogens is 184 g/mol. The molecule has 0 bridgehead atoms. The van der Waals surface area contributed by atoms with E-state index in [0.29, 0.717) is 18.4 Å². The molecule has 0 saturated heterocycles. The molecule has 1 aromatic heterocycles. The van der Waals surface area contributed by atoms with Crippen molar-refractivity contribution < 1.29 is 10.0 Å². The third kappa shape index (κ3) is 2.50. The van der Waals surface area contributed by atoms with Gasteiger partial charge >= 0.3 is 0 Å². The Morgan fingerprint density at radius 1 is 1.71 bits per heavy atom. The molecule has 1 unspecified atom stereocenters. The number of aliphatic hydroxyl groups is 1. The maximum Gasteiger partial charge on any atom is 0.290 e. The lowest BCUT2D eigenvalue weighted by molar-refractivity contribution is -0.386. The molecule has 1 atom stereocenters. The Balaban J connectivity index is 2.90. The van der Waals surface area contributed by atoms with Crippen molar-refractivity contribution >= 4 is 5.69 Å². The van der Waals surface area contributed by atoms with E-state index in [0.717, 1.165) is 0 Å². The molecule has 0 radical (unpaired) electrons. The van der Waals surface area contributed by atoms with Gasteiger partial charge in [-0.05, 0) is 12.5 Å². The lowest BCUT2D eigenvalue weighted by Crippen LogP contribution is -2.10. The summed E-state index contributed by atoms with van der Waals surface area (Å²) in [4.78, 5) is 13.8. The molecule has 1 N–H and O–H groups in total. The third-order valence-electron chi connectivity index (χ3n) is 2.01. The Hall–Kier alpha value is -1.49. The fourth-order valence-electron chi connectivity index (χ4n) is 1.15. The maximum atomic E-state index is 10.6. The van der Waals surface area contributed by atoms with Crippen LogP contribution < -0.4 is 0 Å². The minimum absolute atomic E-state index is 0.0278. The Labute approximate surface area is 81.6 Å². The molecule has 5 nitrogen and oxygen atoms in total. The van der Waals surface area contributed by atoms with E-state index < -0.39 is 11.0 Å². The summed E-state index contributed by atoms with van der Waals surface area (Å²) in [5.74, 6) is 0. The highest BCUT2D eigenvalue weighted by Crippen LogP contribution is 2.18. The number of rotatable bonds is 4. The maximum absolute atomic E-state index is 10.6.